The van der Waals surface area contributed by atoms with Crippen LogP contribution < -0.4 is 10.6 Å². The highest BCUT2D eigenvalue weighted by molar-refractivity contribution is 6.04. The molecule has 2 N–H and O–H groups in total. The van der Waals surface area contributed by atoms with Crippen molar-refractivity contribution >= 4 is 17.5 Å². The second-order valence-electron chi connectivity index (χ2n) is 6.62. The molecule has 130 valence electrons. The zero-order valence-electron chi connectivity index (χ0n) is 14.5. The highest BCUT2D eigenvalue weighted by Gasteiger charge is 2.24. The van der Waals surface area contributed by atoms with E-state index in [0.29, 0.717) is 11.3 Å². The van der Waals surface area contributed by atoms with Crippen LogP contribution in [0.5, 0.6) is 0 Å². The van der Waals surface area contributed by atoms with Crippen molar-refractivity contribution in [3.8, 4) is 0 Å². The van der Waals surface area contributed by atoms with Crippen molar-refractivity contribution in [2.45, 2.75) is 38.6 Å². The number of hydrogen-bond acceptors (Lipinski definition) is 2. The molecule has 0 unspecified atom stereocenters. The van der Waals surface area contributed by atoms with Gasteiger partial charge < -0.3 is 10.6 Å². The minimum absolute atomic E-state index is 0.0221. The minimum Gasteiger partial charge on any atom is -0.345 e. The molecule has 1 saturated carbocycles. The molecule has 0 radical (unpaired) electrons. The molecule has 2 amide bonds. The lowest BCUT2D eigenvalue weighted by Gasteiger charge is -2.17. The zero-order chi connectivity index (χ0) is 17.6. The first-order valence-electron chi connectivity index (χ1n) is 8.91. The van der Waals surface area contributed by atoms with Crippen LogP contribution in [-0.4, -0.2) is 11.8 Å². The van der Waals surface area contributed by atoms with Gasteiger partial charge >= 0.3 is 0 Å². The van der Waals surface area contributed by atoms with E-state index >= 15 is 0 Å². The molecule has 0 aromatic heterocycles. The quantitative estimate of drug-likeness (QED) is 0.855. The van der Waals surface area contributed by atoms with Crippen molar-refractivity contribution in [1.82, 2.24) is 5.32 Å². The third-order valence-electron chi connectivity index (χ3n) is 4.80. The van der Waals surface area contributed by atoms with Crippen LogP contribution in [0.4, 0.5) is 5.69 Å². The Bertz CT molecular complexity index is 737. The molecular formula is C21H24N2O2. The fraction of sp³-hybridized carbons (Fsp3) is 0.333. The van der Waals surface area contributed by atoms with E-state index in [1.54, 1.807) is 12.1 Å². The zero-order valence-corrected chi connectivity index (χ0v) is 14.5. The summed E-state index contributed by atoms with van der Waals surface area (Å²) in [5.74, 6) is -0.0908. The lowest BCUT2D eigenvalue weighted by atomic mass is 10.1. The van der Waals surface area contributed by atoms with Gasteiger partial charge in [0.15, 0.2) is 0 Å². The lowest BCUT2D eigenvalue weighted by molar-refractivity contribution is -0.119. The van der Waals surface area contributed by atoms with E-state index in [0.717, 1.165) is 31.2 Å². The molecule has 25 heavy (non-hydrogen) atoms. The van der Waals surface area contributed by atoms with Gasteiger partial charge in [0.2, 0.25) is 5.91 Å². The van der Waals surface area contributed by atoms with Crippen molar-refractivity contribution in [1.29, 1.82) is 0 Å². The summed E-state index contributed by atoms with van der Waals surface area (Å²) in [4.78, 5) is 25.1. The third-order valence-corrected chi connectivity index (χ3v) is 4.80. The van der Waals surface area contributed by atoms with Gasteiger partial charge in [0, 0.05) is 5.92 Å². The van der Waals surface area contributed by atoms with Crippen LogP contribution >= 0.6 is 0 Å². The number of carbonyl (C=O) groups excluding carboxylic acids is 2. The van der Waals surface area contributed by atoms with Crippen LogP contribution in [0, 0.1) is 5.92 Å². The Labute approximate surface area is 148 Å². The highest BCUT2D eigenvalue weighted by Crippen LogP contribution is 2.27. The first-order valence-corrected chi connectivity index (χ1v) is 8.91. The van der Waals surface area contributed by atoms with Crippen LogP contribution in [0.1, 0.15) is 54.6 Å². The van der Waals surface area contributed by atoms with Crippen molar-refractivity contribution in [3.63, 3.8) is 0 Å². The molecule has 0 aliphatic heterocycles. The molecule has 0 saturated heterocycles. The smallest absolute Gasteiger partial charge is 0.253 e. The van der Waals surface area contributed by atoms with Crippen LogP contribution in [0.2, 0.25) is 0 Å². The molecule has 1 fully saturated rings. The van der Waals surface area contributed by atoms with Gasteiger partial charge in [-0.25, -0.2) is 0 Å². The van der Waals surface area contributed by atoms with Gasteiger partial charge in [-0.3, -0.25) is 9.59 Å². The van der Waals surface area contributed by atoms with E-state index in [4.69, 9.17) is 0 Å². The fourth-order valence-electron chi connectivity index (χ4n) is 3.31. The molecule has 0 spiro atoms. The number of rotatable bonds is 5. The maximum Gasteiger partial charge on any atom is 0.253 e. The van der Waals surface area contributed by atoms with Crippen LogP contribution in [-0.2, 0) is 4.79 Å². The average Bonchev–Trinajstić information content (AvgIpc) is 3.17. The fourth-order valence-corrected chi connectivity index (χ4v) is 3.31. The molecule has 4 nitrogen and oxygen atoms in total. The van der Waals surface area contributed by atoms with Gasteiger partial charge in [0.25, 0.3) is 5.91 Å². The number of amides is 2. The number of carbonyl (C=O) groups is 2. The van der Waals surface area contributed by atoms with Crippen molar-refractivity contribution < 1.29 is 9.59 Å². The predicted octanol–water partition coefficient (Wildman–Crippen LogP) is 4.31. The molecular weight excluding hydrogens is 312 g/mol. The van der Waals surface area contributed by atoms with Gasteiger partial charge in [-0.2, -0.15) is 0 Å². The number of anilines is 1. The van der Waals surface area contributed by atoms with Crippen molar-refractivity contribution in [2.24, 2.45) is 5.92 Å². The van der Waals surface area contributed by atoms with Gasteiger partial charge in [0.05, 0.1) is 17.3 Å². The summed E-state index contributed by atoms with van der Waals surface area (Å²) < 4.78 is 0. The molecule has 0 bridgehead atoms. The Morgan fingerprint density at radius 1 is 0.960 bits per heavy atom. The third kappa shape index (κ3) is 4.27. The second kappa shape index (κ2) is 7.97. The van der Waals surface area contributed by atoms with Gasteiger partial charge in [0.1, 0.15) is 0 Å². The molecule has 0 heterocycles. The molecule has 3 rings (SSSR count). The Morgan fingerprint density at radius 2 is 1.60 bits per heavy atom. The van der Waals surface area contributed by atoms with E-state index < -0.39 is 0 Å². The molecule has 2 aromatic rings. The van der Waals surface area contributed by atoms with Crippen molar-refractivity contribution in [3.05, 3.63) is 65.7 Å². The van der Waals surface area contributed by atoms with Gasteiger partial charge in [-0.1, -0.05) is 55.3 Å². The normalized spacial score (nSPS) is 15.6. The number of nitrogens with one attached hydrogen (secondary N) is 2. The van der Waals surface area contributed by atoms with E-state index in [2.05, 4.69) is 10.6 Å². The summed E-state index contributed by atoms with van der Waals surface area (Å²) in [6.07, 6.45) is 4.08. The minimum atomic E-state index is -0.182. The monoisotopic (exact) mass is 336 g/mol. The SMILES string of the molecule is C[C@@H](NC(=O)c1ccccc1NC(=O)C1CCCC1)c1ccccc1. The van der Waals surface area contributed by atoms with Crippen LogP contribution in [0.25, 0.3) is 0 Å². The van der Waals surface area contributed by atoms with E-state index in [-0.39, 0.29) is 23.8 Å². The van der Waals surface area contributed by atoms with Crippen molar-refractivity contribution in [2.75, 3.05) is 5.32 Å². The van der Waals surface area contributed by atoms with Crippen LogP contribution in [0.3, 0.4) is 0 Å². The molecule has 4 heteroatoms. The molecule has 1 aliphatic carbocycles. The maximum atomic E-state index is 12.7. The van der Waals surface area contributed by atoms with E-state index in [1.807, 2.05) is 49.4 Å². The van der Waals surface area contributed by atoms with Gasteiger partial charge in [-0.05, 0) is 37.5 Å². The molecule has 1 atom stereocenters. The van der Waals surface area contributed by atoms with E-state index in [9.17, 15) is 9.59 Å². The maximum absolute atomic E-state index is 12.7. The lowest BCUT2D eigenvalue weighted by Crippen LogP contribution is -2.28. The standard InChI is InChI=1S/C21H24N2O2/c1-15(16-9-3-2-4-10-16)22-21(25)18-13-7-8-14-19(18)23-20(24)17-11-5-6-12-17/h2-4,7-10,13-15,17H,5-6,11-12H2,1H3,(H,22,25)(H,23,24)/t15-/m1/s1. The Hall–Kier alpha value is -2.62. The number of hydrogen-bond donors (Lipinski definition) is 2. The Balaban J connectivity index is 1.71. The van der Waals surface area contributed by atoms with E-state index in [1.165, 1.54) is 0 Å². The summed E-state index contributed by atoms with van der Waals surface area (Å²) >= 11 is 0. The summed E-state index contributed by atoms with van der Waals surface area (Å²) in [6, 6.07) is 16.9. The number of para-hydroxylation sites is 1. The van der Waals surface area contributed by atoms with Crippen LogP contribution in [0.15, 0.2) is 54.6 Å². The van der Waals surface area contributed by atoms with Gasteiger partial charge in [-0.15, -0.1) is 0 Å². The first kappa shape index (κ1) is 17.2. The highest BCUT2D eigenvalue weighted by atomic mass is 16.2. The topological polar surface area (TPSA) is 58.2 Å². The predicted molar refractivity (Wildman–Crippen MR) is 99.4 cm³/mol. The second-order valence-corrected chi connectivity index (χ2v) is 6.62. The summed E-state index contributed by atoms with van der Waals surface area (Å²) in [5.41, 5.74) is 2.12. The Morgan fingerprint density at radius 3 is 2.32 bits per heavy atom. The largest absolute Gasteiger partial charge is 0.345 e. The summed E-state index contributed by atoms with van der Waals surface area (Å²) in [5, 5.41) is 5.95. The first-order chi connectivity index (χ1) is 12.1. The number of benzene rings is 2. The Kier molecular flexibility index (Phi) is 5.49. The summed E-state index contributed by atoms with van der Waals surface area (Å²) in [6.45, 7) is 1.95. The summed E-state index contributed by atoms with van der Waals surface area (Å²) in [7, 11) is 0. The average molecular weight is 336 g/mol. The molecule has 2 aromatic carbocycles. The molecule has 1 aliphatic rings.